The number of ether oxygens (including phenoxy) is 4. The Morgan fingerprint density at radius 1 is 1.00 bits per heavy atom. The van der Waals surface area contributed by atoms with Crippen LogP contribution in [0.1, 0.15) is 5.56 Å². The molecule has 5 N–H and O–H groups in total. The quantitative estimate of drug-likeness (QED) is 0.403. The summed E-state index contributed by atoms with van der Waals surface area (Å²) < 4.78 is 21.6. The molecule has 146 valence electrons. The molecule has 1 aromatic carbocycles. The van der Waals surface area contributed by atoms with Gasteiger partial charge in [0.2, 0.25) is 12.0 Å². The monoisotopic (exact) mass is 372 g/mol. The Labute approximate surface area is 150 Å². The van der Waals surface area contributed by atoms with E-state index in [9.17, 15) is 20.4 Å². The van der Waals surface area contributed by atoms with Crippen molar-refractivity contribution in [3.8, 4) is 17.2 Å². The van der Waals surface area contributed by atoms with Crippen molar-refractivity contribution >= 4 is 6.08 Å². The normalized spacial score (nSPS) is 29.0. The van der Waals surface area contributed by atoms with Gasteiger partial charge in [-0.1, -0.05) is 12.2 Å². The molecule has 9 heteroatoms. The first kappa shape index (κ1) is 20.4. The number of hydrogen-bond donors (Lipinski definition) is 5. The van der Waals surface area contributed by atoms with Crippen LogP contribution in [-0.2, 0) is 4.74 Å². The van der Waals surface area contributed by atoms with Gasteiger partial charge in [-0.25, -0.2) is 0 Å². The highest BCUT2D eigenvalue weighted by molar-refractivity contribution is 5.62. The first-order valence-corrected chi connectivity index (χ1v) is 7.97. The van der Waals surface area contributed by atoms with E-state index in [0.29, 0.717) is 5.56 Å². The predicted molar refractivity (Wildman–Crippen MR) is 90.1 cm³/mol. The highest BCUT2D eigenvalue weighted by Crippen LogP contribution is 2.40. The van der Waals surface area contributed by atoms with E-state index in [0.717, 1.165) is 0 Å². The molecule has 0 unspecified atom stereocenters. The van der Waals surface area contributed by atoms with Crippen LogP contribution in [0.25, 0.3) is 6.08 Å². The summed E-state index contributed by atoms with van der Waals surface area (Å²) in [4.78, 5) is 0. The topological polar surface area (TPSA) is 138 Å². The second-order valence-corrected chi connectivity index (χ2v) is 5.65. The minimum Gasteiger partial charge on any atom is -0.493 e. The van der Waals surface area contributed by atoms with Gasteiger partial charge in [-0.15, -0.1) is 0 Å². The van der Waals surface area contributed by atoms with E-state index in [-0.39, 0.29) is 23.9 Å². The lowest BCUT2D eigenvalue weighted by atomic mass is 9.99. The molecule has 1 saturated heterocycles. The summed E-state index contributed by atoms with van der Waals surface area (Å²) in [6.07, 6.45) is -3.88. The van der Waals surface area contributed by atoms with Gasteiger partial charge in [0.15, 0.2) is 11.5 Å². The summed E-state index contributed by atoms with van der Waals surface area (Å²) in [7, 11) is 2.82. The molecule has 0 aromatic heterocycles. The predicted octanol–water partition coefficient (Wildman–Crippen LogP) is -1.11. The molecular formula is C17H24O9. The Morgan fingerprint density at radius 3 is 2.12 bits per heavy atom. The summed E-state index contributed by atoms with van der Waals surface area (Å²) >= 11 is 0. The molecule has 0 bridgehead atoms. The molecule has 1 heterocycles. The van der Waals surface area contributed by atoms with E-state index in [1.807, 2.05) is 0 Å². The fourth-order valence-electron chi connectivity index (χ4n) is 2.58. The van der Waals surface area contributed by atoms with Crippen LogP contribution in [0.5, 0.6) is 17.2 Å². The summed E-state index contributed by atoms with van der Waals surface area (Å²) in [6.45, 7) is -0.697. The molecule has 0 spiro atoms. The van der Waals surface area contributed by atoms with Gasteiger partial charge in [0, 0.05) is 0 Å². The standard InChI is InChI=1S/C17H24O9/c1-23-10-6-9(4-3-5-18)7-11(24-2)16(10)26-17-15(22)14(21)13(20)12(8-19)25-17/h3-4,6-7,12-15,17-22H,5,8H2,1-2H3/t12-,13-,14+,15-,17+/m0/s1. The molecule has 26 heavy (non-hydrogen) atoms. The molecule has 0 aliphatic carbocycles. The smallest absolute Gasteiger partial charge is 0.229 e. The highest BCUT2D eigenvalue weighted by Gasteiger charge is 2.45. The second kappa shape index (κ2) is 9.17. The zero-order chi connectivity index (χ0) is 19.3. The number of methoxy groups -OCH3 is 2. The van der Waals surface area contributed by atoms with Gasteiger partial charge in [0.1, 0.15) is 24.4 Å². The molecule has 0 amide bonds. The van der Waals surface area contributed by atoms with E-state index in [1.54, 1.807) is 18.2 Å². The fraction of sp³-hybridized carbons (Fsp3) is 0.529. The van der Waals surface area contributed by atoms with Gasteiger partial charge >= 0.3 is 0 Å². The third-order valence-corrected chi connectivity index (χ3v) is 3.98. The lowest BCUT2D eigenvalue weighted by Gasteiger charge is -2.39. The molecule has 0 saturated carbocycles. The van der Waals surface area contributed by atoms with Crippen molar-refractivity contribution in [1.82, 2.24) is 0 Å². The number of benzene rings is 1. The fourth-order valence-corrected chi connectivity index (χ4v) is 2.58. The van der Waals surface area contributed by atoms with Gasteiger partial charge in [-0.3, -0.25) is 0 Å². The summed E-state index contributed by atoms with van der Waals surface area (Å²) in [6, 6.07) is 3.24. The van der Waals surface area contributed by atoms with Crippen LogP contribution in [-0.4, -0.2) is 83.7 Å². The first-order valence-electron chi connectivity index (χ1n) is 7.97. The maximum atomic E-state index is 10.1. The van der Waals surface area contributed by atoms with Gasteiger partial charge in [-0.2, -0.15) is 0 Å². The molecule has 1 aromatic rings. The average Bonchev–Trinajstić information content (AvgIpc) is 2.66. The minimum absolute atomic E-state index is 0.112. The zero-order valence-corrected chi connectivity index (χ0v) is 14.5. The number of aliphatic hydroxyl groups is 5. The lowest BCUT2D eigenvalue weighted by molar-refractivity contribution is -0.277. The van der Waals surface area contributed by atoms with Crippen LogP contribution in [0, 0.1) is 0 Å². The van der Waals surface area contributed by atoms with Crippen molar-refractivity contribution in [3.05, 3.63) is 23.8 Å². The van der Waals surface area contributed by atoms with Crippen molar-refractivity contribution in [2.75, 3.05) is 27.4 Å². The Bertz CT molecular complexity index is 591. The average molecular weight is 372 g/mol. The maximum Gasteiger partial charge on any atom is 0.229 e. The number of hydrogen-bond acceptors (Lipinski definition) is 9. The second-order valence-electron chi connectivity index (χ2n) is 5.65. The molecule has 1 aliphatic heterocycles. The van der Waals surface area contributed by atoms with Crippen LogP contribution in [0.4, 0.5) is 0 Å². The van der Waals surface area contributed by atoms with Gasteiger partial charge in [-0.05, 0) is 17.7 Å². The third kappa shape index (κ3) is 4.26. The lowest BCUT2D eigenvalue weighted by Crippen LogP contribution is -2.60. The van der Waals surface area contributed by atoms with Gasteiger partial charge < -0.3 is 44.5 Å². The summed E-state index contributed by atoms with van der Waals surface area (Å²) in [5, 5.41) is 48.0. The molecule has 9 nitrogen and oxygen atoms in total. The van der Waals surface area contributed by atoms with Crippen molar-refractivity contribution < 1.29 is 44.5 Å². The molecule has 1 fully saturated rings. The van der Waals surface area contributed by atoms with E-state index in [1.165, 1.54) is 20.3 Å². The van der Waals surface area contributed by atoms with Gasteiger partial charge in [0.25, 0.3) is 0 Å². The molecule has 0 radical (unpaired) electrons. The number of rotatable bonds is 7. The molecular weight excluding hydrogens is 348 g/mol. The maximum absolute atomic E-state index is 10.1. The zero-order valence-electron chi connectivity index (χ0n) is 14.5. The van der Waals surface area contributed by atoms with E-state index in [4.69, 9.17) is 24.1 Å². The van der Waals surface area contributed by atoms with Crippen molar-refractivity contribution in [1.29, 1.82) is 0 Å². The van der Waals surface area contributed by atoms with E-state index in [2.05, 4.69) is 0 Å². The third-order valence-electron chi connectivity index (χ3n) is 3.98. The first-order chi connectivity index (χ1) is 12.5. The van der Waals surface area contributed by atoms with Crippen molar-refractivity contribution in [2.24, 2.45) is 0 Å². The number of aliphatic hydroxyl groups excluding tert-OH is 5. The van der Waals surface area contributed by atoms with Crippen LogP contribution >= 0.6 is 0 Å². The Hall–Kier alpha value is -1.88. The largest absolute Gasteiger partial charge is 0.493 e. The van der Waals surface area contributed by atoms with Crippen LogP contribution in [0.15, 0.2) is 18.2 Å². The Morgan fingerprint density at radius 2 is 1.62 bits per heavy atom. The Balaban J connectivity index is 2.33. The highest BCUT2D eigenvalue weighted by atomic mass is 16.7. The Kier molecular flexibility index (Phi) is 7.21. The summed E-state index contributed by atoms with van der Waals surface area (Å²) in [5.41, 5.74) is 0.675. The van der Waals surface area contributed by atoms with Gasteiger partial charge in [0.05, 0.1) is 27.4 Å². The van der Waals surface area contributed by atoms with Crippen molar-refractivity contribution in [2.45, 2.75) is 30.7 Å². The van der Waals surface area contributed by atoms with Crippen LogP contribution in [0.2, 0.25) is 0 Å². The van der Waals surface area contributed by atoms with Crippen LogP contribution < -0.4 is 14.2 Å². The van der Waals surface area contributed by atoms with E-state index < -0.39 is 37.3 Å². The van der Waals surface area contributed by atoms with E-state index >= 15 is 0 Å². The molecule has 1 aliphatic rings. The SMILES string of the molecule is COc1cc(C=CCO)cc(OC)c1O[C@H]1O[C@@H](CO)[C@H](O)[C@@H](O)[C@@H]1O. The van der Waals surface area contributed by atoms with Crippen molar-refractivity contribution in [3.63, 3.8) is 0 Å². The molecule has 2 rings (SSSR count). The summed E-state index contributed by atoms with van der Waals surface area (Å²) in [5.74, 6) is 0.637. The molecule has 5 atom stereocenters. The van der Waals surface area contributed by atoms with Crippen LogP contribution in [0.3, 0.4) is 0 Å². The minimum atomic E-state index is -1.56.